The van der Waals surface area contributed by atoms with Crippen molar-refractivity contribution in [2.45, 2.75) is 45.1 Å². The van der Waals surface area contributed by atoms with Crippen LogP contribution < -0.4 is 5.32 Å². The zero-order chi connectivity index (χ0) is 16.2. The maximum atomic E-state index is 12.7. The highest BCUT2D eigenvalue weighted by atomic mass is 35.5. The normalized spacial score (nSPS) is 23.7. The molecule has 1 unspecified atom stereocenters. The molecule has 0 saturated carbocycles. The number of carbonyl (C=O) groups is 1. The van der Waals surface area contributed by atoms with E-state index in [1.807, 2.05) is 18.9 Å². The third-order valence-electron chi connectivity index (χ3n) is 4.73. The fraction of sp³-hybridized carbons (Fsp3) is 0.933. The first-order chi connectivity index (χ1) is 10.5. The van der Waals surface area contributed by atoms with Crippen molar-refractivity contribution < 1.29 is 13.2 Å². The number of nitrogens with zero attached hydrogens (tertiary/aromatic N) is 2. The minimum Gasteiger partial charge on any atom is -0.341 e. The molecule has 0 bridgehead atoms. The van der Waals surface area contributed by atoms with Gasteiger partial charge in [0.1, 0.15) is 6.04 Å². The van der Waals surface area contributed by atoms with Crippen LogP contribution in [0.5, 0.6) is 0 Å². The second-order valence-electron chi connectivity index (χ2n) is 6.41. The fourth-order valence-corrected chi connectivity index (χ4v) is 5.29. The monoisotopic (exact) mass is 367 g/mol. The Morgan fingerprint density at radius 3 is 2.39 bits per heavy atom. The number of carbonyl (C=O) groups excluding carboxylic acids is 1. The smallest absolute Gasteiger partial charge is 0.241 e. The molecule has 2 fully saturated rings. The Hall–Kier alpha value is -0.370. The van der Waals surface area contributed by atoms with E-state index in [9.17, 15) is 13.2 Å². The summed E-state index contributed by atoms with van der Waals surface area (Å²) in [6, 6.07) is -0.461. The van der Waals surface area contributed by atoms with Crippen LogP contribution in [0.2, 0.25) is 0 Å². The minimum absolute atomic E-state index is 0. The molecule has 2 rings (SSSR count). The predicted molar refractivity (Wildman–Crippen MR) is 94.3 cm³/mol. The van der Waals surface area contributed by atoms with Crippen molar-refractivity contribution in [3.05, 3.63) is 0 Å². The standard InChI is InChI=1S/C15H29N3O3S.ClH/c1-3-11-22(20,21)18-8-4-5-14(18)15(19)17-9-6-13(7-10-17)12-16-2;/h13-14,16H,3-12H2,1-2H3;1H. The van der Waals surface area contributed by atoms with Crippen LogP contribution in [-0.4, -0.2) is 68.6 Å². The maximum Gasteiger partial charge on any atom is 0.241 e. The number of halogens is 1. The van der Waals surface area contributed by atoms with E-state index in [-0.39, 0.29) is 24.1 Å². The molecule has 0 aliphatic carbocycles. The van der Waals surface area contributed by atoms with E-state index in [1.165, 1.54) is 4.31 Å². The van der Waals surface area contributed by atoms with Crippen molar-refractivity contribution in [3.8, 4) is 0 Å². The van der Waals surface area contributed by atoms with Crippen molar-refractivity contribution in [1.82, 2.24) is 14.5 Å². The van der Waals surface area contributed by atoms with Crippen LogP contribution in [0, 0.1) is 5.92 Å². The third kappa shape index (κ3) is 5.05. The molecule has 0 aromatic carbocycles. The summed E-state index contributed by atoms with van der Waals surface area (Å²) in [5, 5.41) is 3.19. The van der Waals surface area contributed by atoms with Crippen LogP contribution in [0.15, 0.2) is 0 Å². The van der Waals surface area contributed by atoms with Crippen LogP contribution in [-0.2, 0) is 14.8 Å². The number of sulfonamides is 1. The lowest BCUT2D eigenvalue weighted by Crippen LogP contribution is -2.50. The molecule has 0 aromatic heterocycles. The lowest BCUT2D eigenvalue weighted by atomic mass is 9.96. The molecule has 1 atom stereocenters. The summed E-state index contributed by atoms with van der Waals surface area (Å²) < 4.78 is 26.1. The summed E-state index contributed by atoms with van der Waals surface area (Å²) in [4.78, 5) is 14.6. The Labute approximate surface area is 146 Å². The Bertz CT molecular complexity index is 478. The van der Waals surface area contributed by atoms with Gasteiger partial charge in [0.25, 0.3) is 0 Å². The first-order valence-corrected chi connectivity index (χ1v) is 10.0. The molecule has 1 N–H and O–H groups in total. The van der Waals surface area contributed by atoms with Crippen molar-refractivity contribution in [2.24, 2.45) is 5.92 Å². The van der Waals surface area contributed by atoms with Gasteiger partial charge in [-0.3, -0.25) is 4.79 Å². The fourth-order valence-electron chi connectivity index (χ4n) is 3.55. The van der Waals surface area contributed by atoms with E-state index in [1.54, 1.807) is 0 Å². The average molecular weight is 368 g/mol. The van der Waals surface area contributed by atoms with Crippen LogP contribution in [0.1, 0.15) is 39.0 Å². The third-order valence-corrected chi connectivity index (χ3v) is 6.80. The summed E-state index contributed by atoms with van der Waals surface area (Å²) in [5.74, 6) is 0.777. The maximum absolute atomic E-state index is 12.7. The quantitative estimate of drug-likeness (QED) is 0.762. The average Bonchev–Trinajstić information content (AvgIpc) is 2.98. The molecule has 23 heavy (non-hydrogen) atoms. The highest BCUT2D eigenvalue weighted by Gasteiger charge is 2.40. The second kappa shape index (κ2) is 9.20. The Balaban J connectivity index is 0.00000264. The molecule has 0 aromatic rings. The van der Waals surface area contributed by atoms with Gasteiger partial charge in [0.05, 0.1) is 5.75 Å². The van der Waals surface area contributed by atoms with E-state index in [0.717, 1.165) is 38.9 Å². The molecule has 136 valence electrons. The number of nitrogens with one attached hydrogen (secondary N) is 1. The molecule has 8 heteroatoms. The van der Waals surface area contributed by atoms with Crippen molar-refractivity contribution in [3.63, 3.8) is 0 Å². The Morgan fingerprint density at radius 1 is 1.17 bits per heavy atom. The van der Waals surface area contributed by atoms with Crippen molar-refractivity contribution in [2.75, 3.05) is 39.0 Å². The van der Waals surface area contributed by atoms with E-state index in [4.69, 9.17) is 0 Å². The molecule has 2 heterocycles. The SMILES string of the molecule is CCCS(=O)(=O)N1CCCC1C(=O)N1CCC(CNC)CC1.Cl. The summed E-state index contributed by atoms with van der Waals surface area (Å²) in [6.45, 7) is 4.85. The number of hydrogen-bond donors (Lipinski definition) is 1. The minimum atomic E-state index is -3.29. The van der Waals surface area contributed by atoms with Gasteiger partial charge >= 0.3 is 0 Å². The Morgan fingerprint density at radius 2 is 1.83 bits per heavy atom. The first kappa shape index (κ1) is 20.7. The lowest BCUT2D eigenvalue weighted by Gasteiger charge is -2.35. The van der Waals surface area contributed by atoms with Gasteiger partial charge in [0, 0.05) is 19.6 Å². The zero-order valence-electron chi connectivity index (χ0n) is 14.2. The number of piperidine rings is 1. The van der Waals surface area contributed by atoms with Crippen LogP contribution in [0.4, 0.5) is 0 Å². The lowest BCUT2D eigenvalue weighted by molar-refractivity contribution is -0.136. The van der Waals surface area contributed by atoms with Crippen LogP contribution in [0.3, 0.4) is 0 Å². The molecular formula is C15H30ClN3O3S. The summed E-state index contributed by atoms with van der Waals surface area (Å²) >= 11 is 0. The van der Waals surface area contributed by atoms with Gasteiger partial charge < -0.3 is 10.2 Å². The molecule has 0 radical (unpaired) electrons. The van der Waals surface area contributed by atoms with Gasteiger partial charge in [0.15, 0.2) is 0 Å². The Kier molecular flexibility index (Phi) is 8.27. The van der Waals surface area contributed by atoms with Crippen molar-refractivity contribution in [1.29, 1.82) is 0 Å². The number of amides is 1. The molecule has 2 aliphatic heterocycles. The van der Waals surface area contributed by atoms with Gasteiger partial charge in [-0.15, -0.1) is 12.4 Å². The largest absolute Gasteiger partial charge is 0.341 e. The van der Waals surface area contributed by atoms with Gasteiger partial charge in [-0.05, 0) is 51.6 Å². The second-order valence-corrected chi connectivity index (χ2v) is 8.45. The van der Waals surface area contributed by atoms with Crippen molar-refractivity contribution >= 4 is 28.3 Å². The predicted octanol–water partition coefficient (Wildman–Crippen LogP) is 1.07. The topological polar surface area (TPSA) is 69.7 Å². The molecule has 2 aliphatic rings. The number of likely N-dealkylation sites (tertiary alicyclic amines) is 1. The summed E-state index contributed by atoms with van der Waals surface area (Å²) in [5.41, 5.74) is 0. The molecule has 1 amide bonds. The molecular weight excluding hydrogens is 338 g/mol. The number of hydrogen-bond acceptors (Lipinski definition) is 4. The zero-order valence-corrected chi connectivity index (χ0v) is 15.8. The van der Waals surface area contributed by atoms with Crippen LogP contribution in [0.25, 0.3) is 0 Å². The van der Waals surface area contributed by atoms with Gasteiger partial charge in [0.2, 0.25) is 15.9 Å². The highest BCUT2D eigenvalue weighted by molar-refractivity contribution is 7.89. The molecule has 6 nitrogen and oxygen atoms in total. The van der Waals surface area contributed by atoms with E-state index in [0.29, 0.717) is 25.3 Å². The number of rotatable bonds is 6. The van der Waals surface area contributed by atoms with Gasteiger partial charge in [-0.2, -0.15) is 4.31 Å². The van der Waals surface area contributed by atoms with Gasteiger partial charge in [-0.1, -0.05) is 6.92 Å². The highest BCUT2D eigenvalue weighted by Crippen LogP contribution is 2.25. The van der Waals surface area contributed by atoms with Crippen LogP contribution >= 0.6 is 12.4 Å². The molecule has 0 spiro atoms. The summed E-state index contributed by atoms with van der Waals surface area (Å²) in [7, 11) is -1.34. The van der Waals surface area contributed by atoms with E-state index < -0.39 is 16.1 Å². The first-order valence-electron chi connectivity index (χ1n) is 8.42. The van der Waals surface area contributed by atoms with Gasteiger partial charge in [-0.25, -0.2) is 8.42 Å². The molecule has 2 saturated heterocycles. The van der Waals surface area contributed by atoms with E-state index in [2.05, 4.69) is 5.32 Å². The summed E-state index contributed by atoms with van der Waals surface area (Å²) in [6.07, 6.45) is 4.05. The van der Waals surface area contributed by atoms with E-state index >= 15 is 0 Å².